The number of hydrazine groups is 1. The average molecular weight is 537 g/mol. The number of rotatable bonds is 7. The molecule has 1 fully saturated rings. The Hall–Kier alpha value is -2.99. The second kappa shape index (κ2) is 17.5. The fourth-order valence-electron chi connectivity index (χ4n) is 3.43. The molecule has 208 valence electrons. The van der Waals surface area contributed by atoms with E-state index in [4.69, 9.17) is 14.5 Å². The van der Waals surface area contributed by atoms with Crippen LogP contribution in [0.25, 0.3) is 6.08 Å². The van der Waals surface area contributed by atoms with Crippen molar-refractivity contribution in [1.82, 2.24) is 15.4 Å². The molecule has 0 aliphatic carbocycles. The number of nitrogens with one attached hydrogen (secondary N) is 2. The van der Waals surface area contributed by atoms with E-state index in [1.54, 1.807) is 24.3 Å². The van der Waals surface area contributed by atoms with Crippen molar-refractivity contribution in [2.45, 2.75) is 33.7 Å². The van der Waals surface area contributed by atoms with Crippen molar-refractivity contribution in [3.8, 4) is 0 Å². The summed E-state index contributed by atoms with van der Waals surface area (Å²) in [5, 5.41) is 5.31. The molecule has 0 saturated carbocycles. The normalized spacial score (nSPS) is 17.7. The second-order valence-electron chi connectivity index (χ2n) is 7.81. The number of sulfone groups is 1. The monoisotopic (exact) mass is 536 g/mol. The maximum absolute atomic E-state index is 12.4. The van der Waals surface area contributed by atoms with E-state index in [2.05, 4.69) is 34.9 Å². The lowest BCUT2D eigenvalue weighted by Gasteiger charge is -2.35. The lowest BCUT2D eigenvalue weighted by atomic mass is 10.1. The van der Waals surface area contributed by atoms with E-state index in [0.717, 1.165) is 35.9 Å². The molecule has 0 amide bonds. The van der Waals surface area contributed by atoms with E-state index >= 15 is 0 Å². The van der Waals surface area contributed by atoms with Crippen LogP contribution in [-0.2, 0) is 19.4 Å². The van der Waals surface area contributed by atoms with E-state index < -0.39 is 9.84 Å². The van der Waals surface area contributed by atoms with Crippen molar-refractivity contribution in [3.63, 3.8) is 0 Å². The van der Waals surface area contributed by atoms with E-state index in [-0.39, 0.29) is 10.9 Å². The van der Waals surface area contributed by atoms with Gasteiger partial charge >= 0.3 is 0 Å². The molecule has 1 unspecified atom stereocenters. The summed E-state index contributed by atoms with van der Waals surface area (Å²) in [5.74, 6) is 2.30. The number of nitrogens with zero attached hydrogens (tertiary/aromatic N) is 3. The maximum Gasteiger partial charge on any atom is 0.175 e. The zero-order valence-electron chi connectivity index (χ0n) is 23.2. The first-order chi connectivity index (χ1) is 17.7. The first-order valence-corrected chi connectivity index (χ1v) is 14.0. The molecule has 3 rings (SSSR count). The van der Waals surface area contributed by atoms with Crippen LogP contribution in [0, 0.1) is 6.92 Å². The Morgan fingerprint density at radius 2 is 1.97 bits per heavy atom. The maximum atomic E-state index is 12.4. The highest BCUT2D eigenvalue weighted by Crippen LogP contribution is 2.29. The highest BCUT2D eigenvalue weighted by Gasteiger charge is 2.23. The van der Waals surface area contributed by atoms with Gasteiger partial charge in [0.25, 0.3) is 0 Å². The molecule has 2 aliphatic heterocycles. The first-order valence-electron chi connectivity index (χ1n) is 12.1. The molecule has 1 aromatic rings. The Balaban J connectivity index is 0.00000201. The standard InChI is InChI=1S/C22H31N5O3S.C2H6.CH5N.CH2O/c1-6-7-8-19(31(5,28)29)13-18-14-21(27-11-12-30-15-16(27)2)24-22(17(18)3)23-20-9-10-26(4)25-20;3*1-2/h6-9,13-14,16,25H,1,10-12,15H2,2-5H3,(H,23,24);1-2H3;2H2,1H3;1H2/b8-7-,19-13-;;;. The number of hydrogen-bond donors (Lipinski definition) is 3. The SMILES string of the molecule is C=C/C=C\C(=C\c1cc(N2CCOCC2C)nc(NC2=CCN(C)N2)c1C)S(C)(=O)=O.C=O.CC.CN. The van der Waals surface area contributed by atoms with Gasteiger partial charge < -0.3 is 30.9 Å². The van der Waals surface area contributed by atoms with E-state index in [9.17, 15) is 8.42 Å². The van der Waals surface area contributed by atoms with Crippen molar-refractivity contribution >= 4 is 34.3 Å². The van der Waals surface area contributed by atoms with Crippen LogP contribution in [0.15, 0.2) is 47.7 Å². The van der Waals surface area contributed by atoms with Gasteiger partial charge in [-0.2, -0.15) is 0 Å². The van der Waals surface area contributed by atoms with Crippen LogP contribution in [0.5, 0.6) is 0 Å². The molecule has 37 heavy (non-hydrogen) atoms. The average Bonchev–Trinajstić information content (AvgIpc) is 3.31. The molecule has 2 aliphatic rings. The predicted molar refractivity (Wildman–Crippen MR) is 155 cm³/mol. The molecule has 3 heterocycles. The summed E-state index contributed by atoms with van der Waals surface area (Å²) in [6.45, 7) is 16.4. The molecule has 4 N–H and O–H groups in total. The van der Waals surface area contributed by atoms with Crippen LogP contribution in [0.3, 0.4) is 0 Å². The molecule has 10 nitrogen and oxygen atoms in total. The van der Waals surface area contributed by atoms with Gasteiger partial charge in [-0.15, -0.1) is 0 Å². The molecular formula is C26H44N6O4S. The molecular weight excluding hydrogens is 492 g/mol. The van der Waals surface area contributed by atoms with Crippen molar-refractivity contribution in [2.24, 2.45) is 5.73 Å². The minimum atomic E-state index is -3.42. The summed E-state index contributed by atoms with van der Waals surface area (Å²) in [5.41, 5.74) is 9.37. The topological polar surface area (TPSA) is 130 Å². The van der Waals surface area contributed by atoms with E-state index in [1.807, 2.05) is 51.8 Å². The minimum absolute atomic E-state index is 0.165. The molecule has 1 saturated heterocycles. The molecule has 1 atom stereocenters. The van der Waals surface area contributed by atoms with Gasteiger partial charge in [0.1, 0.15) is 24.2 Å². The fourth-order valence-corrected chi connectivity index (χ4v) is 4.09. The van der Waals surface area contributed by atoms with Gasteiger partial charge in [0, 0.05) is 26.4 Å². The summed E-state index contributed by atoms with van der Waals surface area (Å²) in [7, 11) is 0.0328. The number of morpholine rings is 1. The summed E-state index contributed by atoms with van der Waals surface area (Å²) in [6, 6.07) is 2.11. The van der Waals surface area contributed by atoms with Crippen LogP contribution < -0.4 is 21.4 Å². The van der Waals surface area contributed by atoms with Crippen LogP contribution in [0.4, 0.5) is 11.6 Å². The molecule has 0 spiro atoms. The zero-order chi connectivity index (χ0) is 28.6. The number of carbonyl (C=O) groups excluding carboxylic acids is 1. The first kappa shape index (κ1) is 34.0. The quantitative estimate of drug-likeness (QED) is 0.447. The number of nitrogens with two attached hydrogens (primary N) is 1. The number of anilines is 2. The summed E-state index contributed by atoms with van der Waals surface area (Å²) in [6.07, 6.45) is 9.67. The molecule has 0 aromatic carbocycles. The Labute approximate surface area is 222 Å². The van der Waals surface area contributed by atoms with Gasteiger partial charge in [0.05, 0.1) is 24.2 Å². The molecule has 0 bridgehead atoms. The number of aromatic nitrogens is 1. The van der Waals surface area contributed by atoms with Crippen molar-refractivity contribution < 1.29 is 17.9 Å². The lowest BCUT2D eigenvalue weighted by Crippen LogP contribution is -2.44. The Kier molecular flexibility index (Phi) is 16.1. The van der Waals surface area contributed by atoms with Gasteiger partial charge in [0.15, 0.2) is 9.84 Å². The third-order valence-electron chi connectivity index (χ3n) is 5.22. The molecule has 0 radical (unpaired) electrons. The number of allylic oxidation sites excluding steroid dienone is 3. The Bertz CT molecular complexity index is 1050. The van der Waals surface area contributed by atoms with Gasteiger partial charge in [0.2, 0.25) is 0 Å². The minimum Gasteiger partial charge on any atom is -0.377 e. The summed E-state index contributed by atoms with van der Waals surface area (Å²) in [4.78, 5) is 15.3. The van der Waals surface area contributed by atoms with Crippen LogP contribution in [0.2, 0.25) is 0 Å². The van der Waals surface area contributed by atoms with Crippen LogP contribution >= 0.6 is 0 Å². The second-order valence-corrected chi connectivity index (χ2v) is 9.83. The fraction of sp³-hybridized carbons (Fsp3) is 0.462. The third kappa shape index (κ3) is 10.5. The van der Waals surface area contributed by atoms with Crippen LogP contribution in [-0.4, -0.2) is 77.9 Å². The van der Waals surface area contributed by atoms with Crippen molar-refractivity contribution in [2.75, 3.05) is 56.9 Å². The zero-order valence-corrected chi connectivity index (χ0v) is 24.1. The number of likely N-dealkylation sites (N-methyl/N-ethyl adjacent to an activating group) is 1. The number of pyridine rings is 1. The van der Waals surface area contributed by atoms with E-state index in [1.165, 1.54) is 13.3 Å². The van der Waals surface area contributed by atoms with Gasteiger partial charge in [-0.05, 0) is 56.3 Å². The van der Waals surface area contributed by atoms with Gasteiger partial charge in [-0.25, -0.2) is 18.4 Å². The number of hydrogen-bond acceptors (Lipinski definition) is 10. The number of carbonyl (C=O) groups is 1. The van der Waals surface area contributed by atoms with Gasteiger partial charge in [-0.1, -0.05) is 32.6 Å². The smallest absolute Gasteiger partial charge is 0.175 e. The number of ether oxygens (including phenoxy) is 1. The molecule has 1 aromatic heterocycles. The van der Waals surface area contributed by atoms with Crippen molar-refractivity contribution in [3.05, 3.63) is 58.8 Å². The molecule has 11 heteroatoms. The van der Waals surface area contributed by atoms with Crippen molar-refractivity contribution in [1.29, 1.82) is 0 Å². The lowest BCUT2D eigenvalue weighted by molar-refractivity contribution is -0.0980. The highest BCUT2D eigenvalue weighted by molar-refractivity contribution is 7.94. The van der Waals surface area contributed by atoms with Crippen LogP contribution in [0.1, 0.15) is 31.9 Å². The summed E-state index contributed by atoms with van der Waals surface area (Å²) < 4.78 is 30.3. The predicted octanol–water partition coefficient (Wildman–Crippen LogP) is 2.86. The Morgan fingerprint density at radius 3 is 2.49 bits per heavy atom. The van der Waals surface area contributed by atoms with E-state index in [0.29, 0.717) is 19.0 Å². The third-order valence-corrected chi connectivity index (χ3v) is 6.33. The van der Waals surface area contributed by atoms with Gasteiger partial charge in [-0.3, -0.25) is 0 Å². The largest absolute Gasteiger partial charge is 0.377 e. The Morgan fingerprint density at radius 1 is 1.32 bits per heavy atom. The summed E-state index contributed by atoms with van der Waals surface area (Å²) >= 11 is 0. The highest BCUT2D eigenvalue weighted by atomic mass is 32.2.